The fraction of sp³-hybridized carbons (Fsp3) is 0.538. The first-order valence-electron chi connectivity index (χ1n) is 6.47. The second kappa shape index (κ2) is 6.30. The lowest BCUT2D eigenvalue weighted by atomic mass is 10.2. The summed E-state index contributed by atoms with van der Waals surface area (Å²) in [6, 6.07) is 3.17. The zero-order chi connectivity index (χ0) is 15.5. The second-order valence-electron chi connectivity index (χ2n) is 4.77. The lowest BCUT2D eigenvalue weighted by molar-refractivity contribution is -0.148. The molecule has 2 rings (SSSR count). The summed E-state index contributed by atoms with van der Waals surface area (Å²) >= 11 is 0. The van der Waals surface area contributed by atoms with Gasteiger partial charge in [0, 0.05) is 38.4 Å². The molecule has 1 aromatic rings. The van der Waals surface area contributed by atoms with Crippen molar-refractivity contribution in [2.45, 2.75) is 6.18 Å². The number of piperazine rings is 1. The molecule has 1 aliphatic heterocycles. The quantitative estimate of drug-likeness (QED) is 0.847. The minimum atomic E-state index is -4.20. The molecule has 0 unspecified atom stereocenters. The number of carbonyl (C=O) groups is 1. The molecule has 116 valence electrons. The maximum absolute atomic E-state index is 12.3. The smallest absolute Gasteiger partial charge is 0.401 e. The topological polar surface area (TPSA) is 45.7 Å². The molecule has 1 aliphatic rings. The second-order valence-corrected chi connectivity index (χ2v) is 4.77. The molecule has 0 bridgehead atoms. The number of ether oxygens (including phenoxy) is 1. The summed E-state index contributed by atoms with van der Waals surface area (Å²) < 4.78 is 41.8. The van der Waals surface area contributed by atoms with Crippen molar-refractivity contribution in [3.63, 3.8) is 0 Å². The molecule has 0 aromatic carbocycles. The number of rotatable bonds is 3. The van der Waals surface area contributed by atoms with Gasteiger partial charge in [-0.3, -0.25) is 9.69 Å². The van der Waals surface area contributed by atoms with Crippen molar-refractivity contribution >= 4 is 5.91 Å². The van der Waals surface area contributed by atoms with Crippen LogP contribution in [0.15, 0.2) is 18.3 Å². The van der Waals surface area contributed by atoms with E-state index in [0.29, 0.717) is 11.4 Å². The van der Waals surface area contributed by atoms with E-state index < -0.39 is 12.7 Å². The van der Waals surface area contributed by atoms with Crippen LogP contribution in [-0.2, 0) is 0 Å². The van der Waals surface area contributed by atoms with Gasteiger partial charge in [0.25, 0.3) is 5.91 Å². The van der Waals surface area contributed by atoms with Crippen LogP contribution < -0.4 is 4.74 Å². The van der Waals surface area contributed by atoms with E-state index in [1.807, 2.05) is 0 Å². The van der Waals surface area contributed by atoms with E-state index in [-0.39, 0.29) is 32.1 Å². The van der Waals surface area contributed by atoms with E-state index in [1.165, 1.54) is 23.1 Å². The van der Waals surface area contributed by atoms with E-state index in [0.717, 1.165) is 0 Å². The molecular formula is C13H16F3N3O2. The van der Waals surface area contributed by atoms with E-state index in [9.17, 15) is 18.0 Å². The Balaban J connectivity index is 1.90. The van der Waals surface area contributed by atoms with Gasteiger partial charge in [-0.2, -0.15) is 13.2 Å². The number of pyridine rings is 1. The number of halogens is 3. The molecule has 1 fully saturated rings. The molecule has 5 nitrogen and oxygen atoms in total. The fourth-order valence-corrected chi connectivity index (χ4v) is 2.17. The first-order chi connectivity index (χ1) is 9.89. The third-order valence-electron chi connectivity index (χ3n) is 3.25. The largest absolute Gasteiger partial charge is 0.481 e. The maximum Gasteiger partial charge on any atom is 0.401 e. The molecule has 0 saturated carbocycles. The summed E-state index contributed by atoms with van der Waals surface area (Å²) in [6.45, 7) is 0.0602. The molecule has 0 spiro atoms. The molecule has 0 radical (unpaired) electrons. The van der Waals surface area contributed by atoms with E-state index in [2.05, 4.69) is 4.98 Å². The predicted octanol–water partition coefficient (Wildman–Crippen LogP) is 1.41. The highest BCUT2D eigenvalue weighted by Crippen LogP contribution is 2.18. The van der Waals surface area contributed by atoms with Crippen LogP contribution in [0.4, 0.5) is 13.2 Å². The molecule has 0 N–H and O–H groups in total. The summed E-state index contributed by atoms with van der Waals surface area (Å²) in [5.74, 6) is 0.179. The highest BCUT2D eigenvalue weighted by Gasteiger charge is 2.32. The Hall–Kier alpha value is -1.83. The number of methoxy groups -OCH3 is 1. The molecule has 1 saturated heterocycles. The van der Waals surface area contributed by atoms with Gasteiger partial charge in [0.15, 0.2) is 0 Å². The Kier molecular flexibility index (Phi) is 4.66. The van der Waals surface area contributed by atoms with Crippen molar-refractivity contribution in [1.82, 2.24) is 14.8 Å². The van der Waals surface area contributed by atoms with Crippen LogP contribution in [-0.4, -0.2) is 66.7 Å². The molecule has 1 amide bonds. The minimum absolute atomic E-state index is 0.217. The van der Waals surface area contributed by atoms with Crippen LogP contribution in [0.1, 0.15) is 10.4 Å². The van der Waals surface area contributed by atoms with Gasteiger partial charge in [-0.25, -0.2) is 4.98 Å². The summed E-state index contributed by atoms with van der Waals surface area (Å²) in [7, 11) is 1.48. The van der Waals surface area contributed by atoms with Gasteiger partial charge in [-0.05, 0) is 6.07 Å². The van der Waals surface area contributed by atoms with Crippen LogP contribution in [0.3, 0.4) is 0 Å². The summed E-state index contributed by atoms with van der Waals surface area (Å²) in [5.41, 5.74) is 0.403. The van der Waals surface area contributed by atoms with Gasteiger partial charge < -0.3 is 9.64 Å². The van der Waals surface area contributed by atoms with Gasteiger partial charge in [0.1, 0.15) is 0 Å². The number of hydrogen-bond donors (Lipinski definition) is 0. The maximum atomic E-state index is 12.3. The van der Waals surface area contributed by atoms with Crippen molar-refractivity contribution in [3.8, 4) is 5.88 Å². The van der Waals surface area contributed by atoms with E-state index >= 15 is 0 Å². The zero-order valence-corrected chi connectivity index (χ0v) is 11.6. The molecular weight excluding hydrogens is 287 g/mol. The zero-order valence-electron chi connectivity index (χ0n) is 11.6. The molecule has 1 aromatic heterocycles. The van der Waals surface area contributed by atoms with Gasteiger partial charge in [-0.15, -0.1) is 0 Å². The Morgan fingerprint density at radius 2 is 1.95 bits per heavy atom. The van der Waals surface area contributed by atoms with Gasteiger partial charge >= 0.3 is 6.18 Å². The molecule has 2 heterocycles. The fourth-order valence-electron chi connectivity index (χ4n) is 2.17. The van der Waals surface area contributed by atoms with Crippen molar-refractivity contribution in [2.75, 3.05) is 39.8 Å². The third kappa shape index (κ3) is 4.32. The number of hydrogen-bond acceptors (Lipinski definition) is 4. The highest BCUT2D eigenvalue weighted by atomic mass is 19.4. The normalized spacial score (nSPS) is 16.9. The van der Waals surface area contributed by atoms with Crippen LogP contribution in [0.2, 0.25) is 0 Å². The van der Waals surface area contributed by atoms with Crippen molar-refractivity contribution in [3.05, 3.63) is 23.9 Å². The average molecular weight is 303 g/mol. The lowest BCUT2D eigenvalue weighted by Crippen LogP contribution is -2.50. The van der Waals surface area contributed by atoms with E-state index in [4.69, 9.17) is 4.74 Å². The van der Waals surface area contributed by atoms with Crippen LogP contribution in [0, 0.1) is 0 Å². The van der Waals surface area contributed by atoms with Gasteiger partial charge in [0.05, 0.1) is 19.2 Å². The summed E-state index contributed by atoms with van der Waals surface area (Å²) in [5, 5.41) is 0. The summed E-state index contributed by atoms with van der Waals surface area (Å²) in [6.07, 6.45) is -2.80. The highest BCUT2D eigenvalue weighted by molar-refractivity contribution is 5.94. The molecule has 0 aliphatic carbocycles. The minimum Gasteiger partial charge on any atom is -0.481 e. The van der Waals surface area contributed by atoms with Crippen molar-refractivity contribution < 1.29 is 22.7 Å². The monoisotopic (exact) mass is 303 g/mol. The Labute approximate surface area is 120 Å². The number of amides is 1. The molecule has 21 heavy (non-hydrogen) atoms. The Bertz CT molecular complexity index is 482. The van der Waals surface area contributed by atoms with Crippen molar-refractivity contribution in [2.24, 2.45) is 0 Å². The van der Waals surface area contributed by atoms with Gasteiger partial charge in [-0.1, -0.05) is 0 Å². The van der Waals surface area contributed by atoms with E-state index in [1.54, 1.807) is 12.1 Å². The number of carbonyl (C=O) groups excluding carboxylic acids is 1. The van der Waals surface area contributed by atoms with Crippen molar-refractivity contribution in [1.29, 1.82) is 0 Å². The number of aromatic nitrogens is 1. The van der Waals surface area contributed by atoms with Crippen LogP contribution in [0.5, 0.6) is 5.88 Å². The standard InChI is InChI=1S/C13H16F3N3O2/c1-21-11-3-2-10(8-17-11)12(20)19-6-4-18(5-7-19)9-13(14,15)16/h2-3,8H,4-7,9H2,1H3. The molecule has 8 heteroatoms. The Morgan fingerprint density at radius 3 is 2.43 bits per heavy atom. The third-order valence-corrected chi connectivity index (χ3v) is 3.25. The molecule has 0 atom stereocenters. The SMILES string of the molecule is COc1ccc(C(=O)N2CCN(CC(F)(F)F)CC2)cn1. The Morgan fingerprint density at radius 1 is 1.29 bits per heavy atom. The van der Waals surface area contributed by atoms with Crippen LogP contribution >= 0.6 is 0 Å². The first-order valence-corrected chi connectivity index (χ1v) is 6.47. The number of nitrogens with zero attached hydrogens (tertiary/aromatic N) is 3. The summed E-state index contributed by atoms with van der Waals surface area (Å²) in [4.78, 5) is 19.0. The first kappa shape index (κ1) is 15.6. The van der Waals surface area contributed by atoms with Gasteiger partial charge in [0.2, 0.25) is 5.88 Å². The lowest BCUT2D eigenvalue weighted by Gasteiger charge is -2.34. The number of alkyl halides is 3. The predicted molar refractivity (Wildman–Crippen MR) is 69.2 cm³/mol. The average Bonchev–Trinajstić information content (AvgIpc) is 2.46. The van der Waals surface area contributed by atoms with Crippen LogP contribution in [0.25, 0.3) is 0 Å².